The number of hydrogen-bond donors (Lipinski definition) is 1. The molecule has 4 heteroatoms. The van der Waals surface area contributed by atoms with Gasteiger partial charge in [-0.25, -0.2) is 0 Å². The molecule has 1 atom stereocenters. The van der Waals surface area contributed by atoms with Crippen molar-refractivity contribution < 1.29 is 9.21 Å². The van der Waals surface area contributed by atoms with E-state index in [1.807, 2.05) is 31.2 Å². The van der Waals surface area contributed by atoms with Crippen LogP contribution in [-0.4, -0.2) is 36.5 Å². The first-order chi connectivity index (χ1) is 10.2. The molecule has 0 spiro atoms. The molecule has 4 nitrogen and oxygen atoms in total. The number of para-hydroxylation sites is 1. The predicted octanol–water partition coefficient (Wildman–Crippen LogP) is 2.96. The van der Waals surface area contributed by atoms with Crippen molar-refractivity contribution in [2.75, 3.05) is 19.6 Å². The van der Waals surface area contributed by atoms with Gasteiger partial charge < -0.3 is 9.73 Å². The van der Waals surface area contributed by atoms with Crippen molar-refractivity contribution in [3.8, 4) is 0 Å². The number of benzene rings is 1. The second kappa shape index (κ2) is 5.90. The van der Waals surface area contributed by atoms with Gasteiger partial charge in [0.05, 0.1) is 0 Å². The zero-order chi connectivity index (χ0) is 14.8. The van der Waals surface area contributed by atoms with Crippen molar-refractivity contribution in [3.63, 3.8) is 0 Å². The number of likely N-dealkylation sites (N-methyl/N-ethyl adjacent to an activating group) is 1. The Kier molecular flexibility index (Phi) is 3.97. The SMILES string of the molecule is CCN1CCCC1CNC(=O)c1oc2ccccc2c1C. The third kappa shape index (κ3) is 2.68. The number of fused-ring (bicyclic) bond motifs is 1. The van der Waals surface area contributed by atoms with Crippen LogP contribution >= 0.6 is 0 Å². The number of carbonyl (C=O) groups excluding carboxylic acids is 1. The maximum atomic E-state index is 12.4. The van der Waals surface area contributed by atoms with E-state index in [1.54, 1.807) is 0 Å². The number of aryl methyl sites for hydroxylation is 1. The van der Waals surface area contributed by atoms with Crippen LogP contribution in [0.2, 0.25) is 0 Å². The van der Waals surface area contributed by atoms with Gasteiger partial charge in [0.15, 0.2) is 5.76 Å². The van der Waals surface area contributed by atoms with Crippen molar-refractivity contribution >= 4 is 16.9 Å². The molecule has 0 bridgehead atoms. The first-order valence-electron chi connectivity index (χ1n) is 7.71. The maximum Gasteiger partial charge on any atom is 0.287 e. The van der Waals surface area contributed by atoms with Crippen LogP contribution in [0.1, 0.15) is 35.9 Å². The topological polar surface area (TPSA) is 45.5 Å². The molecule has 1 saturated heterocycles. The first-order valence-corrected chi connectivity index (χ1v) is 7.71. The number of carbonyl (C=O) groups is 1. The molecule has 2 aromatic rings. The predicted molar refractivity (Wildman–Crippen MR) is 83.6 cm³/mol. The van der Waals surface area contributed by atoms with Crippen LogP contribution < -0.4 is 5.32 Å². The van der Waals surface area contributed by atoms with E-state index >= 15 is 0 Å². The monoisotopic (exact) mass is 286 g/mol. The first kappa shape index (κ1) is 14.1. The number of nitrogens with one attached hydrogen (secondary N) is 1. The number of nitrogens with zero attached hydrogens (tertiary/aromatic N) is 1. The summed E-state index contributed by atoms with van der Waals surface area (Å²) in [6, 6.07) is 8.23. The Morgan fingerprint density at radius 3 is 3.00 bits per heavy atom. The molecule has 2 heterocycles. The van der Waals surface area contributed by atoms with Crippen LogP contribution in [0.4, 0.5) is 0 Å². The number of furan rings is 1. The highest BCUT2D eigenvalue weighted by molar-refractivity contribution is 5.98. The van der Waals surface area contributed by atoms with E-state index in [9.17, 15) is 4.79 Å². The summed E-state index contributed by atoms with van der Waals surface area (Å²) < 4.78 is 5.70. The minimum absolute atomic E-state index is 0.105. The lowest BCUT2D eigenvalue weighted by molar-refractivity contribution is 0.0915. The zero-order valence-electron chi connectivity index (χ0n) is 12.7. The molecule has 0 aliphatic carbocycles. The Morgan fingerprint density at radius 2 is 2.24 bits per heavy atom. The van der Waals surface area contributed by atoms with Gasteiger partial charge in [0, 0.05) is 23.5 Å². The standard InChI is InChI=1S/C17H22N2O2/c1-3-19-10-6-7-13(19)11-18-17(20)16-12(2)14-8-4-5-9-15(14)21-16/h4-5,8-9,13H,3,6-7,10-11H2,1-2H3,(H,18,20). The van der Waals surface area contributed by atoms with Gasteiger partial charge in [0.25, 0.3) is 5.91 Å². The highest BCUT2D eigenvalue weighted by Gasteiger charge is 2.24. The van der Waals surface area contributed by atoms with Gasteiger partial charge in [-0.05, 0) is 38.9 Å². The molecular formula is C17H22N2O2. The van der Waals surface area contributed by atoms with E-state index < -0.39 is 0 Å². The lowest BCUT2D eigenvalue weighted by atomic mass is 10.1. The van der Waals surface area contributed by atoms with Crippen molar-refractivity contribution in [1.82, 2.24) is 10.2 Å². The third-order valence-corrected chi connectivity index (χ3v) is 4.45. The minimum Gasteiger partial charge on any atom is -0.451 e. The summed E-state index contributed by atoms with van der Waals surface area (Å²) in [5, 5.41) is 4.05. The van der Waals surface area contributed by atoms with Crippen LogP contribution in [0.25, 0.3) is 11.0 Å². The van der Waals surface area contributed by atoms with Crippen LogP contribution in [0.15, 0.2) is 28.7 Å². The molecule has 3 rings (SSSR count). The Labute approximate surface area is 125 Å². The normalized spacial score (nSPS) is 19.2. The van der Waals surface area contributed by atoms with Crippen LogP contribution in [0.3, 0.4) is 0 Å². The summed E-state index contributed by atoms with van der Waals surface area (Å²) in [7, 11) is 0. The van der Waals surface area contributed by atoms with Crippen molar-refractivity contribution in [2.45, 2.75) is 32.7 Å². The fourth-order valence-electron chi connectivity index (χ4n) is 3.22. The summed E-state index contributed by atoms with van der Waals surface area (Å²) >= 11 is 0. The number of amides is 1. The van der Waals surface area contributed by atoms with E-state index in [0.717, 1.165) is 36.0 Å². The zero-order valence-corrected chi connectivity index (χ0v) is 12.7. The Morgan fingerprint density at radius 1 is 1.43 bits per heavy atom. The molecule has 112 valence electrons. The van der Waals surface area contributed by atoms with Crippen LogP contribution in [0, 0.1) is 6.92 Å². The summed E-state index contributed by atoms with van der Waals surface area (Å²) in [4.78, 5) is 14.8. The van der Waals surface area contributed by atoms with E-state index in [4.69, 9.17) is 4.42 Å². The highest BCUT2D eigenvalue weighted by atomic mass is 16.3. The Hall–Kier alpha value is -1.81. The van der Waals surface area contributed by atoms with Gasteiger partial charge in [-0.2, -0.15) is 0 Å². The quantitative estimate of drug-likeness (QED) is 0.940. The smallest absolute Gasteiger partial charge is 0.287 e. The summed E-state index contributed by atoms with van der Waals surface area (Å²) in [6.45, 7) is 6.99. The van der Waals surface area contributed by atoms with Crippen LogP contribution in [0.5, 0.6) is 0 Å². The maximum absolute atomic E-state index is 12.4. The third-order valence-electron chi connectivity index (χ3n) is 4.45. The summed E-state index contributed by atoms with van der Waals surface area (Å²) in [5.41, 5.74) is 1.69. The lowest BCUT2D eigenvalue weighted by Gasteiger charge is -2.22. The molecule has 1 aromatic carbocycles. The van der Waals surface area contributed by atoms with E-state index in [1.165, 1.54) is 6.42 Å². The fourth-order valence-corrected chi connectivity index (χ4v) is 3.22. The number of likely N-dealkylation sites (tertiary alicyclic amines) is 1. The van der Waals surface area contributed by atoms with Crippen molar-refractivity contribution in [3.05, 3.63) is 35.6 Å². The molecule has 1 aliphatic rings. The second-order valence-electron chi connectivity index (χ2n) is 5.69. The van der Waals surface area contributed by atoms with Gasteiger partial charge >= 0.3 is 0 Å². The van der Waals surface area contributed by atoms with E-state index in [-0.39, 0.29) is 5.91 Å². The molecule has 0 saturated carbocycles. The molecule has 1 N–H and O–H groups in total. The molecule has 1 unspecified atom stereocenters. The van der Waals surface area contributed by atoms with Gasteiger partial charge in [0.2, 0.25) is 0 Å². The Bertz CT molecular complexity index is 647. The molecule has 1 aromatic heterocycles. The molecule has 0 radical (unpaired) electrons. The van der Waals surface area contributed by atoms with E-state index in [2.05, 4.69) is 17.1 Å². The molecule has 1 amide bonds. The minimum atomic E-state index is -0.105. The Balaban J connectivity index is 1.71. The average Bonchev–Trinajstić information content (AvgIpc) is 3.09. The molecule has 1 fully saturated rings. The molecular weight excluding hydrogens is 264 g/mol. The number of hydrogen-bond acceptors (Lipinski definition) is 3. The van der Waals surface area contributed by atoms with Gasteiger partial charge in [0.1, 0.15) is 5.58 Å². The summed E-state index contributed by atoms with van der Waals surface area (Å²) in [6.07, 6.45) is 2.38. The van der Waals surface area contributed by atoms with Gasteiger partial charge in [-0.3, -0.25) is 9.69 Å². The second-order valence-corrected chi connectivity index (χ2v) is 5.69. The molecule has 1 aliphatic heterocycles. The lowest BCUT2D eigenvalue weighted by Crippen LogP contribution is -2.40. The largest absolute Gasteiger partial charge is 0.451 e. The summed E-state index contributed by atoms with van der Waals surface area (Å²) in [5.74, 6) is 0.337. The average molecular weight is 286 g/mol. The van der Waals surface area contributed by atoms with Crippen molar-refractivity contribution in [2.24, 2.45) is 0 Å². The molecule has 21 heavy (non-hydrogen) atoms. The van der Waals surface area contributed by atoms with Crippen molar-refractivity contribution in [1.29, 1.82) is 0 Å². The van der Waals surface area contributed by atoms with E-state index in [0.29, 0.717) is 18.3 Å². The highest BCUT2D eigenvalue weighted by Crippen LogP contribution is 2.25. The number of rotatable bonds is 4. The van der Waals surface area contributed by atoms with Gasteiger partial charge in [-0.1, -0.05) is 25.1 Å². The van der Waals surface area contributed by atoms with Crippen LogP contribution in [-0.2, 0) is 0 Å². The fraction of sp³-hybridized carbons (Fsp3) is 0.471. The van der Waals surface area contributed by atoms with Gasteiger partial charge in [-0.15, -0.1) is 0 Å².